The zero-order valence-corrected chi connectivity index (χ0v) is 14.8. The smallest absolute Gasteiger partial charge is 0.151 e. The van der Waals surface area contributed by atoms with E-state index < -0.39 is 6.17 Å². The SMILES string of the molecule is CCn1nc(CNC[C@@H]2C[C@H](F)CN2c2cccnn2)c2ccccc21. The van der Waals surface area contributed by atoms with E-state index in [0.29, 0.717) is 26.1 Å². The topological polar surface area (TPSA) is 58.9 Å². The zero-order valence-electron chi connectivity index (χ0n) is 14.8. The van der Waals surface area contributed by atoms with Crippen LogP contribution >= 0.6 is 0 Å². The molecule has 136 valence electrons. The summed E-state index contributed by atoms with van der Waals surface area (Å²) in [6.07, 6.45) is 1.31. The lowest BCUT2D eigenvalue weighted by Crippen LogP contribution is -2.38. The molecule has 7 heteroatoms. The summed E-state index contributed by atoms with van der Waals surface area (Å²) >= 11 is 0. The van der Waals surface area contributed by atoms with Crippen molar-refractivity contribution in [3.05, 3.63) is 48.3 Å². The van der Waals surface area contributed by atoms with E-state index in [1.54, 1.807) is 6.20 Å². The minimum atomic E-state index is -0.830. The number of aromatic nitrogens is 4. The van der Waals surface area contributed by atoms with Gasteiger partial charge in [-0.05, 0) is 25.1 Å². The number of benzene rings is 1. The molecule has 3 heterocycles. The van der Waals surface area contributed by atoms with E-state index in [4.69, 9.17) is 5.10 Å². The summed E-state index contributed by atoms with van der Waals surface area (Å²) in [7, 11) is 0. The van der Waals surface area contributed by atoms with E-state index in [1.165, 1.54) is 5.39 Å². The fourth-order valence-corrected chi connectivity index (χ4v) is 3.71. The normalized spacial score (nSPS) is 20.2. The highest BCUT2D eigenvalue weighted by Crippen LogP contribution is 2.25. The van der Waals surface area contributed by atoms with Gasteiger partial charge in [0.1, 0.15) is 6.17 Å². The summed E-state index contributed by atoms with van der Waals surface area (Å²) in [6.45, 7) is 4.65. The number of fused-ring (bicyclic) bond motifs is 1. The maximum Gasteiger partial charge on any atom is 0.151 e. The molecule has 0 spiro atoms. The summed E-state index contributed by atoms with van der Waals surface area (Å²) in [4.78, 5) is 2.01. The summed E-state index contributed by atoms with van der Waals surface area (Å²) in [5.41, 5.74) is 2.18. The molecule has 1 aliphatic heterocycles. The number of hydrogen-bond acceptors (Lipinski definition) is 5. The third-order valence-electron chi connectivity index (χ3n) is 4.92. The molecule has 1 saturated heterocycles. The van der Waals surface area contributed by atoms with Crippen molar-refractivity contribution in [2.75, 3.05) is 18.0 Å². The number of alkyl halides is 1. The minimum absolute atomic E-state index is 0.0706. The van der Waals surface area contributed by atoms with Gasteiger partial charge in [0.05, 0.1) is 17.8 Å². The third-order valence-corrected chi connectivity index (χ3v) is 4.92. The molecule has 0 amide bonds. The Labute approximate surface area is 152 Å². The molecule has 1 aromatic carbocycles. The fraction of sp³-hybridized carbons (Fsp3) is 0.421. The number of hydrogen-bond donors (Lipinski definition) is 1. The van der Waals surface area contributed by atoms with Crippen molar-refractivity contribution in [1.29, 1.82) is 0 Å². The van der Waals surface area contributed by atoms with Crippen LogP contribution in [-0.4, -0.2) is 45.3 Å². The number of rotatable bonds is 6. The van der Waals surface area contributed by atoms with Crippen LogP contribution in [0.25, 0.3) is 10.9 Å². The zero-order chi connectivity index (χ0) is 17.9. The Morgan fingerprint density at radius 1 is 1.23 bits per heavy atom. The highest BCUT2D eigenvalue weighted by atomic mass is 19.1. The van der Waals surface area contributed by atoms with Crippen molar-refractivity contribution in [2.24, 2.45) is 0 Å². The summed E-state index contributed by atoms with van der Waals surface area (Å²) in [6, 6.07) is 12.1. The van der Waals surface area contributed by atoms with Crippen LogP contribution in [-0.2, 0) is 13.1 Å². The van der Waals surface area contributed by atoms with Gasteiger partial charge in [-0.25, -0.2) is 4.39 Å². The monoisotopic (exact) mass is 354 g/mol. The van der Waals surface area contributed by atoms with E-state index in [9.17, 15) is 4.39 Å². The Balaban J connectivity index is 1.44. The first-order valence-electron chi connectivity index (χ1n) is 9.09. The minimum Gasteiger partial charge on any atom is -0.348 e. The second-order valence-corrected chi connectivity index (χ2v) is 6.63. The maximum atomic E-state index is 14.0. The molecule has 0 aliphatic carbocycles. The molecular weight excluding hydrogens is 331 g/mol. The van der Waals surface area contributed by atoms with E-state index >= 15 is 0 Å². The Kier molecular flexibility index (Phi) is 4.79. The summed E-state index contributed by atoms with van der Waals surface area (Å²) in [5.74, 6) is 0.736. The molecule has 4 rings (SSSR count). The largest absolute Gasteiger partial charge is 0.348 e. The van der Waals surface area contributed by atoms with Gasteiger partial charge in [-0.15, -0.1) is 5.10 Å². The van der Waals surface area contributed by atoms with Crippen LogP contribution in [0.15, 0.2) is 42.6 Å². The molecule has 2 atom stereocenters. The van der Waals surface area contributed by atoms with Crippen LogP contribution in [0.2, 0.25) is 0 Å². The Hall–Kier alpha value is -2.54. The first-order chi connectivity index (χ1) is 12.8. The van der Waals surface area contributed by atoms with Crippen molar-refractivity contribution in [1.82, 2.24) is 25.3 Å². The van der Waals surface area contributed by atoms with Gasteiger partial charge in [-0.2, -0.15) is 10.2 Å². The van der Waals surface area contributed by atoms with Crippen molar-refractivity contribution in [3.8, 4) is 0 Å². The quantitative estimate of drug-likeness (QED) is 0.737. The molecule has 0 unspecified atom stereocenters. The lowest BCUT2D eigenvalue weighted by Gasteiger charge is -2.24. The van der Waals surface area contributed by atoms with Gasteiger partial charge in [-0.1, -0.05) is 18.2 Å². The molecule has 3 aromatic rings. The molecule has 26 heavy (non-hydrogen) atoms. The van der Waals surface area contributed by atoms with Crippen LogP contribution in [0.3, 0.4) is 0 Å². The van der Waals surface area contributed by atoms with E-state index in [2.05, 4.69) is 34.6 Å². The summed E-state index contributed by atoms with van der Waals surface area (Å²) < 4.78 is 16.0. The number of anilines is 1. The average molecular weight is 354 g/mol. The van der Waals surface area contributed by atoms with Crippen molar-refractivity contribution in [2.45, 2.75) is 38.6 Å². The van der Waals surface area contributed by atoms with Gasteiger partial charge in [0.25, 0.3) is 0 Å². The molecular formula is C19H23FN6. The molecule has 0 radical (unpaired) electrons. The van der Waals surface area contributed by atoms with Crippen LogP contribution in [0.5, 0.6) is 0 Å². The first kappa shape index (κ1) is 16.9. The number of nitrogens with one attached hydrogen (secondary N) is 1. The van der Waals surface area contributed by atoms with Gasteiger partial charge in [-0.3, -0.25) is 4.68 Å². The van der Waals surface area contributed by atoms with Gasteiger partial charge in [0, 0.05) is 43.7 Å². The lowest BCUT2D eigenvalue weighted by atomic mass is 10.2. The second kappa shape index (κ2) is 7.37. The molecule has 1 fully saturated rings. The average Bonchev–Trinajstić information content (AvgIpc) is 3.23. The standard InChI is InChI=1S/C19H23FN6/c1-2-26-18-7-4-3-6-16(18)17(24-26)12-21-11-15-10-14(20)13-25(15)19-8-5-9-22-23-19/h3-9,14-15,21H,2,10-13H2,1H3/t14-,15-/m0/s1. The second-order valence-electron chi connectivity index (χ2n) is 6.63. The first-order valence-corrected chi connectivity index (χ1v) is 9.09. The van der Waals surface area contributed by atoms with Crippen LogP contribution in [0.1, 0.15) is 19.0 Å². The predicted molar refractivity (Wildman–Crippen MR) is 99.8 cm³/mol. The highest BCUT2D eigenvalue weighted by molar-refractivity contribution is 5.81. The third kappa shape index (κ3) is 3.26. The molecule has 2 aromatic heterocycles. The fourth-order valence-electron chi connectivity index (χ4n) is 3.71. The molecule has 0 bridgehead atoms. The van der Waals surface area contributed by atoms with Crippen LogP contribution in [0.4, 0.5) is 10.2 Å². The number of nitrogens with zero attached hydrogens (tertiary/aromatic N) is 5. The maximum absolute atomic E-state index is 14.0. The summed E-state index contributed by atoms with van der Waals surface area (Å²) in [5, 5.41) is 17.4. The molecule has 1 N–H and O–H groups in total. The molecule has 6 nitrogen and oxygen atoms in total. The van der Waals surface area contributed by atoms with Gasteiger partial charge in [0.15, 0.2) is 5.82 Å². The van der Waals surface area contributed by atoms with Gasteiger partial charge >= 0.3 is 0 Å². The predicted octanol–water partition coefficient (Wildman–Crippen LogP) is 2.55. The van der Waals surface area contributed by atoms with Crippen molar-refractivity contribution >= 4 is 16.7 Å². The van der Waals surface area contributed by atoms with E-state index in [-0.39, 0.29) is 6.04 Å². The Morgan fingerprint density at radius 3 is 2.92 bits per heavy atom. The number of aryl methyl sites for hydroxylation is 1. The van der Waals surface area contributed by atoms with E-state index in [1.807, 2.05) is 33.8 Å². The van der Waals surface area contributed by atoms with Gasteiger partial charge < -0.3 is 10.2 Å². The molecule has 0 saturated carbocycles. The van der Waals surface area contributed by atoms with E-state index in [0.717, 1.165) is 23.6 Å². The molecule has 1 aliphatic rings. The number of halogens is 1. The van der Waals surface area contributed by atoms with Gasteiger partial charge in [0.2, 0.25) is 0 Å². The van der Waals surface area contributed by atoms with Crippen LogP contribution in [0, 0.1) is 0 Å². The Morgan fingerprint density at radius 2 is 2.12 bits per heavy atom. The number of para-hydroxylation sites is 1. The van der Waals surface area contributed by atoms with Crippen molar-refractivity contribution < 1.29 is 4.39 Å². The Bertz CT molecular complexity index is 865. The lowest BCUT2D eigenvalue weighted by molar-refractivity contribution is 0.354. The van der Waals surface area contributed by atoms with Crippen LogP contribution < -0.4 is 10.2 Å². The van der Waals surface area contributed by atoms with Crippen molar-refractivity contribution in [3.63, 3.8) is 0 Å². The highest BCUT2D eigenvalue weighted by Gasteiger charge is 2.32.